The van der Waals surface area contributed by atoms with E-state index in [1.807, 2.05) is 12.1 Å². The molecule has 0 amide bonds. The average molecular weight is 206 g/mol. The van der Waals surface area contributed by atoms with E-state index in [9.17, 15) is 0 Å². The van der Waals surface area contributed by atoms with Gasteiger partial charge in [-0.2, -0.15) is 0 Å². The van der Waals surface area contributed by atoms with Gasteiger partial charge in [-0.15, -0.1) is 6.58 Å². The van der Waals surface area contributed by atoms with Crippen molar-refractivity contribution in [2.75, 3.05) is 0 Å². The molecule has 14 heavy (non-hydrogen) atoms. The van der Waals surface area contributed by atoms with Gasteiger partial charge in [0.05, 0.1) is 0 Å². The molecular formula is C13H14Cl. The molecule has 1 radical (unpaired) electrons. The molecule has 1 aromatic carbocycles. The van der Waals surface area contributed by atoms with Crippen molar-refractivity contribution in [2.24, 2.45) is 0 Å². The van der Waals surface area contributed by atoms with Gasteiger partial charge >= 0.3 is 0 Å². The Kier molecular flexibility index (Phi) is 2.64. The summed E-state index contributed by atoms with van der Waals surface area (Å²) in [6.45, 7) is 7.71. The van der Waals surface area contributed by atoms with E-state index in [2.05, 4.69) is 25.6 Å². The van der Waals surface area contributed by atoms with E-state index >= 15 is 0 Å². The number of benzene rings is 1. The predicted octanol–water partition coefficient (Wildman–Crippen LogP) is 4.32. The monoisotopic (exact) mass is 205 g/mol. The van der Waals surface area contributed by atoms with Crippen LogP contribution in [0.4, 0.5) is 0 Å². The molecular weight excluding hydrogens is 192 g/mol. The smallest absolute Gasteiger partial charge is 0.0443 e. The fourth-order valence-corrected chi connectivity index (χ4v) is 1.98. The number of allylic oxidation sites excluding steroid dienone is 1. The Balaban J connectivity index is 2.29. The van der Waals surface area contributed by atoms with Crippen LogP contribution in [0.5, 0.6) is 0 Å². The first-order valence-corrected chi connectivity index (χ1v) is 5.35. The van der Waals surface area contributed by atoms with Crippen molar-refractivity contribution >= 4 is 11.6 Å². The maximum absolute atomic E-state index is 6.20. The maximum Gasteiger partial charge on any atom is 0.0443 e. The third-order valence-electron chi connectivity index (χ3n) is 2.75. The lowest BCUT2D eigenvalue weighted by atomic mass is 9.99. The van der Waals surface area contributed by atoms with Crippen LogP contribution in [0.25, 0.3) is 0 Å². The summed E-state index contributed by atoms with van der Waals surface area (Å²) in [6.07, 6.45) is 4.41. The number of hydrogen-bond acceptors (Lipinski definition) is 0. The molecule has 0 heterocycles. The minimum atomic E-state index is 0.140. The Hall–Kier alpha value is -0.750. The molecule has 1 saturated carbocycles. The third kappa shape index (κ3) is 1.85. The van der Waals surface area contributed by atoms with Gasteiger partial charge in [0.2, 0.25) is 0 Å². The molecule has 0 aliphatic heterocycles. The maximum atomic E-state index is 6.20. The van der Waals surface area contributed by atoms with Gasteiger partial charge in [0.15, 0.2) is 0 Å². The SMILES string of the molecule is [CH2]C(C=C)c1ccc(C2CC2)c(Cl)c1. The Morgan fingerprint density at radius 2 is 2.14 bits per heavy atom. The Bertz CT molecular complexity index is 350. The van der Waals surface area contributed by atoms with Crippen LogP contribution in [-0.2, 0) is 0 Å². The standard InChI is InChI=1S/C13H14Cl/c1-3-9(2)11-6-7-12(10-4-5-10)13(14)8-11/h3,6-10H,1-2,4-5H2. The van der Waals surface area contributed by atoms with Crippen LogP contribution in [-0.4, -0.2) is 0 Å². The summed E-state index contributed by atoms with van der Waals surface area (Å²) >= 11 is 6.20. The number of halogens is 1. The molecule has 0 spiro atoms. The lowest BCUT2D eigenvalue weighted by Crippen LogP contribution is -1.91. The molecule has 73 valence electrons. The number of hydrogen-bond donors (Lipinski definition) is 0. The summed E-state index contributed by atoms with van der Waals surface area (Å²) in [5.41, 5.74) is 2.45. The highest BCUT2D eigenvalue weighted by Crippen LogP contribution is 2.43. The van der Waals surface area contributed by atoms with Gasteiger partial charge in [-0.05, 0) is 42.9 Å². The van der Waals surface area contributed by atoms with Crippen LogP contribution in [0.15, 0.2) is 30.9 Å². The van der Waals surface area contributed by atoms with Crippen LogP contribution >= 0.6 is 11.6 Å². The molecule has 0 bridgehead atoms. The molecule has 1 aliphatic rings. The predicted molar refractivity (Wildman–Crippen MR) is 61.7 cm³/mol. The van der Waals surface area contributed by atoms with Crippen molar-refractivity contribution in [1.29, 1.82) is 0 Å². The second kappa shape index (κ2) is 3.78. The van der Waals surface area contributed by atoms with Gasteiger partial charge in [-0.3, -0.25) is 0 Å². The van der Waals surface area contributed by atoms with Gasteiger partial charge < -0.3 is 0 Å². The summed E-state index contributed by atoms with van der Waals surface area (Å²) in [6, 6.07) is 6.27. The molecule has 2 rings (SSSR count). The first-order chi connectivity index (χ1) is 6.72. The van der Waals surface area contributed by atoms with Crippen molar-refractivity contribution in [3.8, 4) is 0 Å². The fourth-order valence-electron chi connectivity index (χ4n) is 1.64. The first-order valence-electron chi connectivity index (χ1n) is 4.97. The summed E-state index contributed by atoms with van der Waals surface area (Å²) in [4.78, 5) is 0. The van der Waals surface area contributed by atoms with Gasteiger partial charge in [-0.25, -0.2) is 0 Å². The van der Waals surface area contributed by atoms with Crippen molar-refractivity contribution < 1.29 is 0 Å². The Morgan fingerprint density at radius 1 is 1.43 bits per heavy atom. The highest BCUT2D eigenvalue weighted by atomic mass is 35.5. The molecule has 1 aromatic rings. The lowest BCUT2D eigenvalue weighted by Gasteiger charge is -2.09. The molecule has 0 N–H and O–H groups in total. The third-order valence-corrected chi connectivity index (χ3v) is 3.08. The molecule has 1 aliphatic carbocycles. The highest BCUT2D eigenvalue weighted by molar-refractivity contribution is 6.31. The zero-order valence-electron chi connectivity index (χ0n) is 8.17. The van der Waals surface area contributed by atoms with E-state index in [4.69, 9.17) is 11.6 Å². The van der Waals surface area contributed by atoms with E-state index in [0.29, 0.717) is 5.92 Å². The molecule has 0 nitrogen and oxygen atoms in total. The average Bonchev–Trinajstić information content (AvgIpc) is 3.00. The summed E-state index contributed by atoms with van der Waals surface area (Å²) in [5, 5.41) is 0.889. The zero-order chi connectivity index (χ0) is 10.1. The molecule has 1 atom stereocenters. The van der Waals surface area contributed by atoms with E-state index in [0.717, 1.165) is 10.6 Å². The largest absolute Gasteiger partial charge is 0.102 e. The second-order valence-corrected chi connectivity index (χ2v) is 4.30. The van der Waals surface area contributed by atoms with Crippen molar-refractivity contribution in [1.82, 2.24) is 0 Å². The van der Waals surface area contributed by atoms with Gasteiger partial charge in [0, 0.05) is 10.9 Å². The molecule has 0 aromatic heterocycles. The van der Waals surface area contributed by atoms with Crippen molar-refractivity contribution in [3.05, 3.63) is 53.9 Å². The van der Waals surface area contributed by atoms with Crippen molar-refractivity contribution in [2.45, 2.75) is 24.7 Å². The topological polar surface area (TPSA) is 0 Å². The quantitative estimate of drug-likeness (QED) is 0.645. The minimum absolute atomic E-state index is 0.140. The van der Waals surface area contributed by atoms with E-state index in [1.165, 1.54) is 18.4 Å². The van der Waals surface area contributed by atoms with Gasteiger partial charge in [0.1, 0.15) is 0 Å². The van der Waals surface area contributed by atoms with E-state index in [1.54, 1.807) is 0 Å². The fraction of sp³-hybridized carbons (Fsp3) is 0.308. The van der Waals surface area contributed by atoms with E-state index < -0.39 is 0 Å². The first kappa shape index (κ1) is 9.79. The van der Waals surface area contributed by atoms with Crippen molar-refractivity contribution in [3.63, 3.8) is 0 Å². The van der Waals surface area contributed by atoms with Crippen LogP contribution in [0, 0.1) is 6.92 Å². The van der Waals surface area contributed by atoms with Crippen LogP contribution in [0.2, 0.25) is 5.02 Å². The van der Waals surface area contributed by atoms with Crippen LogP contribution in [0.1, 0.15) is 35.8 Å². The summed E-state index contributed by atoms with van der Waals surface area (Å²) in [7, 11) is 0. The summed E-state index contributed by atoms with van der Waals surface area (Å²) in [5.74, 6) is 0.851. The van der Waals surface area contributed by atoms with Gasteiger partial charge in [0.25, 0.3) is 0 Å². The highest BCUT2D eigenvalue weighted by Gasteiger charge is 2.25. The second-order valence-electron chi connectivity index (χ2n) is 3.90. The Morgan fingerprint density at radius 3 is 2.64 bits per heavy atom. The normalized spacial score (nSPS) is 17.9. The molecule has 0 saturated heterocycles. The minimum Gasteiger partial charge on any atom is -0.102 e. The number of rotatable bonds is 3. The lowest BCUT2D eigenvalue weighted by molar-refractivity contribution is 1.06. The summed E-state index contributed by atoms with van der Waals surface area (Å²) < 4.78 is 0. The zero-order valence-corrected chi connectivity index (χ0v) is 8.93. The molecule has 1 fully saturated rings. The Labute approximate surface area is 90.6 Å². The van der Waals surface area contributed by atoms with Crippen LogP contribution < -0.4 is 0 Å². The van der Waals surface area contributed by atoms with Gasteiger partial charge in [-0.1, -0.05) is 29.8 Å². The molecule has 1 heteroatoms. The van der Waals surface area contributed by atoms with Crippen LogP contribution in [0.3, 0.4) is 0 Å². The van der Waals surface area contributed by atoms with E-state index in [-0.39, 0.29) is 5.92 Å². The molecule has 1 unspecified atom stereocenters.